The topological polar surface area (TPSA) is 32.8 Å². The third kappa shape index (κ3) is 4.48. The summed E-state index contributed by atoms with van der Waals surface area (Å²) in [6, 6.07) is 18.5. The third-order valence-electron chi connectivity index (χ3n) is 4.90. The van der Waals surface area contributed by atoms with E-state index in [2.05, 4.69) is 0 Å². The van der Waals surface area contributed by atoms with Crippen LogP contribution in [-0.2, 0) is 11.4 Å². The van der Waals surface area contributed by atoms with Gasteiger partial charge in [0, 0.05) is 7.05 Å². The van der Waals surface area contributed by atoms with E-state index in [-0.39, 0.29) is 18.3 Å². The maximum atomic E-state index is 13.1. The van der Waals surface area contributed by atoms with Crippen LogP contribution in [0.5, 0.6) is 5.75 Å². The fourth-order valence-corrected chi connectivity index (χ4v) is 4.16. The number of halogens is 3. The molecule has 1 aliphatic heterocycles. The Morgan fingerprint density at radius 1 is 1.03 bits per heavy atom. The van der Waals surface area contributed by atoms with Gasteiger partial charge in [-0.05, 0) is 65.8 Å². The van der Waals surface area contributed by atoms with Gasteiger partial charge in [-0.15, -0.1) is 0 Å². The first kappa shape index (κ1) is 22.3. The smallest absolute Gasteiger partial charge is 0.281 e. The minimum atomic E-state index is -0.320. The predicted molar refractivity (Wildman–Crippen MR) is 129 cm³/mol. The van der Waals surface area contributed by atoms with Gasteiger partial charge in [0.25, 0.3) is 5.91 Å². The third-order valence-corrected chi connectivity index (χ3v) is 5.91. The molecule has 0 saturated carbocycles. The Balaban J connectivity index is 1.58. The van der Waals surface area contributed by atoms with Gasteiger partial charge in [0.15, 0.2) is 10.9 Å². The van der Waals surface area contributed by atoms with Crippen LogP contribution >= 0.6 is 35.4 Å². The molecule has 0 aromatic heterocycles. The Labute approximate surface area is 200 Å². The second-order valence-electron chi connectivity index (χ2n) is 7.08. The van der Waals surface area contributed by atoms with E-state index in [1.54, 1.807) is 42.3 Å². The van der Waals surface area contributed by atoms with Crippen molar-refractivity contribution in [3.05, 3.63) is 99.4 Å². The molecule has 0 aliphatic carbocycles. The lowest BCUT2D eigenvalue weighted by Crippen LogP contribution is -2.30. The number of thiocarbonyl (C=S) groups is 1. The average molecular weight is 487 g/mol. The number of para-hydroxylation sites is 1. The molecule has 4 rings (SSSR count). The molecule has 1 heterocycles. The van der Waals surface area contributed by atoms with Crippen molar-refractivity contribution in [2.45, 2.75) is 6.61 Å². The van der Waals surface area contributed by atoms with Gasteiger partial charge in [-0.1, -0.05) is 53.5 Å². The number of benzene rings is 3. The Hall–Kier alpha value is -2.93. The lowest BCUT2D eigenvalue weighted by Gasteiger charge is -2.16. The van der Waals surface area contributed by atoms with Crippen molar-refractivity contribution in [3.8, 4) is 5.75 Å². The first-order valence-electron chi connectivity index (χ1n) is 9.60. The minimum Gasteiger partial charge on any atom is -0.486 e. The summed E-state index contributed by atoms with van der Waals surface area (Å²) in [6.07, 6.45) is 1.68. The Morgan fingerprint density at radius 3 is 2.28 bits per heavy atom. The Bertz CT molecular complexity index is 1190. The maximum absolute atomic E-state index is 13.1. The zero-order valence-electron chi connectivity index (χ0n) is 16.9. The standard InChI is InChI=1S/C24H17Cl2FN2O2S/c1-28-21(23(30)29(24(28)32)18-5-3-2-4-6-18)13-16-11-19(25)22(20(26)12-16)31-14-15-7-9-17(27)10-8-15/h2-13H,14H2,1H3/b21-13-. The first-order chi connectivity index (χ1) is 15.3. The molecule has 1 aliphatic rings. The summed E-state index contributed by atoms with van der Waals surface area (Å²) in [5.74, 6) is -0.251. The highest BCUT2D eigenvalue weighted by molar-refractivity contribution is 7.80. The number of carbonyl (C=O) groups is 1. The number of carbonyl (C=O) groups excluding carboxylic acids is 1. The number of anilines is 1. The Morgan fingerprint density at radius 2 is 1.66 bits per heavy atom. The normalized spacial score (nSPS) is 15.1. The summed E-state index contributed by atoms with van der Waals surface area (Å²) < 4.78 is 18.8. The number of rotatable bonds is 5. The van der Waals surface area contributed by atoms with Crippen LogP contribution < -0.4 is 9.64 Å². The number of hydrogen-bond donors (Lipinski definition) is 0. The van der Waals surface area contributed by atoms with Gasteiger partial charge in [0.1, 0.15) is 18.1 Å². The van der Waals surface area contributed by atoms with Crippen LogP contribution in [0, 0.1) is 5.82 Å². The summed E-state index contributed by atoms with van der Waals surface area (Å²) in [6.45, 7) is 0.182. The second-order valence-corrected chi connectivity index (χ2v) is 8.26. The van der Waals surface area contributed by atoms with Crippen molar-refractivity contribution in [2.75, 3.05) is 11.9 Å². The molecule has 3 aromatic rings. The summed E-state index contributed by atoms with van der Waals surface area (Å²) in [7, 11) is 1.73. The van der Waals surface area contributed by atoms with E-state index in [9.17, 15) is 9.18 Å². The van der Waals surface area contributed by atoms with Crippen LogP contribution in [0.25, 0.3) is 6.08 Å². The number of nitrogens with zero attached hydrogens (tertiary/aromatic N) is 2. The van der Waals surface area contributed by atoms with Gasteiger partial charge < -0.3 is 9.64 Å². The summed E-state index contributed by atoms with van der Waals surface area (Å²) in [5.41, 5.74) is 2.49. The highest BCUT2D eigenvalue weighted by Crippen LogP contribution is 2.36. The van der Waals surface area contributed by atoms with Crippen molar-refractivity contribution in [3.63, 3.8) is 0 Å². The zero-order chi connectivity index (χ0) is 22.8. The SMILES string of the molecule is CN1C(=S)N(c2ccccc2)C(=O)/C1=C/c1cc(Cl)c(OCc2ccc(F)cc2)c(Cl)c1. The quantitative estimate of drug-likeness (QED) is 0.312. The molecular weight excluding hydrogens is 470 g/mol. The molecule has 1 amide bonds. The molecule has 4 nitrogen and oxygen atoms in total. The number of ether oxygens (including phenoxy) is 1. The number of amides is 1. The van der Waals surface area contributed by atoms with E-state index in [0.717, 1.165) is 5.56 Å². The molecule has 32 heavy (non-hydrogen) atoms. The lowest BCUT2D eigenvalue weighted by atomic mass is 10.1. The van der Waals surface area contributed by atoms with E-state index < -0.39 is 0 Å². The van der Waals surface area contributed by atoms with Crippen LogP contribution in [-0.4, -0.2) is 23.0 Å². The molecule has 1 saturated heterocycles. The van der Waals surface area contributed by atoms with Gasteiger partial charge in [0.2, 0.25) is 0 Å². The van der Waals surface area contributed by atoms with Gasteiger partial charge in [-0.25, -0.2) is 4.39 Å². The lowest BCUT2D eigenvalue weighted by molar-refractivity contribution is -0.114. The summed E-state index contributed by atoms with van der Waals surface area (Å²) in [4.78, 5) is 16.2. The molecule has 3 aromatic carbocycles. The van der Waals surface area contributed by atoms with Gasteiger partial charge in [-0.3, -0.25) is 9.69 Å². The van der Waals surface area contributed by atoms with Crippen LogP contribution in [0.4, 0.5) is 10.1 Å². The van der Waals surface area contributed by atoms with E-state index >= 15 is 0 Å². The molecule has 0 bridgehead atoms. The fourth-order valence-electron chi connectivity index (χ4n) is 3.26. The van der Waals surface area contributed by atoms with Gasteiger partial charge >= 0.3 is 0 Å². The highest BCUT2D eigenvalue weighted by atomic mass is 35.5. The largest absolute Gasteiger partial charge is 0.486 e. The zero-order valence-corrected chi connectivity index (χ0v) is 19.2. The van der Waals surface area contributed by atoms with Crippen LogP contribution in [0.1, 0.15) is 11.1 Å². The van der Waals surface area contributed by atoms with Crippen LogP contribution in [0.2, 0.25) is 10.0 Å². The van der Waals surface area contributed by atoms with Crippen LogP contribution in [0.3, 0.4) is 0 Å². The van der Waals surface area contributed by atoms with E-state index in [1.807, 2.05) is 30.3 Å². The van der Waals surface area contributed by atoms with Crippen LogP contribution in [0.15, 0.2) is 72.4 Å². The molecule has 0 spiro atoms. The molecule has 8 heteroatoms. The second kappa shape index (κ2) is 9.28. The summed E-state index contributed by atoms with van der Waals surface area (Å²) >= 11 is 18.3. The summed E-state index contributed by atoms with van der Waals surface area (Å²) in [5, 5.41) is 0.966. The molecule has 0 N–H and O–H groups in total. The molecular formula is C24H17Cl2FN2O2S. The fraction of sp³-hybridized carbons (Fsp3) is 0.0833. The van der Waals surface area contributed by atoms with Gasteiger partial charge in [-0.2, -0.15) is 0 Å². The van der Waals surface area contributed by atoms with Gasteiger partial charge in [0.05, 0.1) is 15.7 Å². The first-order valence-corrected chi connectivity index (χ1v) is 10.8. The molecule has 0 radical (unpaired) electrons. The van der Waals surface area contributed by atoms with E-state index in [4.69, 9.17) is 40.2 Å². The van der Waals surface area contributed by atoms with E-state index in [1.165, 1.54) is 17.0 Å². The van der Waals surface area contributed by atoms with Crippen molar-refractivity contribution in [1.29, 1.82) is 0 Å². The van der Waals surface area contributed by atoms with Crippen molar-refractivity contribution < 1.29 is 13.9 Å². The average Bonchev–Trinajstić information content (AvgIpc) is 2.98. The molecule has 1 fully saturated rings. The number of likely N-dealkylation sites (N-methyl/N-ethyl adjacent to an activating group) is 1. The van der Waals surface area contributed by atoms with Crippen molar-refractivity contribution in [2.24, 2.45) is 0 Å². The highest BCUT2D eigenvalue weighted by Gasteiger charge is 2.36. The minimum absolute atomic E-state index is 0.182. The predicted octanol–water partition coefficient (Wildman–Crippen LogP) is 6.32. The number of hydrogen-bond acceptors (Lipinski definition) is 3. The molecule has 0 unspecified atom stereocenters. The molecule has 0 atom stereocenters. The van der Waals surface area contributed by atoms with Crippen molar-refractivity contribution in [1.82, 2.24) is 4.90 Å². The van der Waals surface area contributed by atoms with E-state index in [0.29, 0.717) is 37.9 Å². The Kier molecular flexibility index (Phi) is 6.46. The monoisotopic (exact) mass is 486 g/mol. The van der Waals surface area contributed by atoms with Crippen molar-refractivity contribution >= 4 is 58.2 Å². The maximum Gasteiger partial charge on any atom is 0.281 e. The molecule has 162 valence electrons.